The van der Waals surface area contributed by atoms with Crippen molar-refractivity contribution in [1.29, 1.82) is 0 Å². The summed E-state index contributed by atoms with van der Waals surface area (Å²) in [6.07, 6.45) is 6.36. The number of aryl methyl sites for hydroxylation is 1. The third-order valence-electron chi connectivity index (χ3n) is 3.75. The predicted molar refractivity (Wildman–Crippen MR) is 71.9 cm³/mol. The maximum Gasteiger partial charge on any atom is 0.123 e. The summed E-state index contributed by atoms with van der Waals surface area (Å²) in [5, 5.41) is 0. The molecule has 0 saturated heterocycles. The van der Waals surface area contributed by atoms with Gasteiger partial charge in [-0.25, -0.2) is 4.39 Å². The van der Waals surface area contributed by atoms with Gasteiger partial charge in [0.2, 0.25) is 0 Å². The number of benzene rings is 1. The van der Waals surface area contributed by atoms with Crippen molar-refractivity contribution in [3.63, 3.8) is 0 Å². The zero-order chi connectivity index (χ0) is 11.5. The molecule has 1 saturated carbocycles. The Morgan fingerprint density at radius 3 is 2.47 bits per heavy atom. The third kappa shape index (κ3) is 3.43. The van der Waals surface area contributed by atoms with E-state index in [9.17, 15) is 4.39 Å². The van der Waals surface area contributed by atoms with Gasteiger partial charge in [-0.15, -0.1) is 12.4 Å². The fourth-order valence-electron chi connectivity index (χ4n) is 2.76. The van der Waals surface area contributed by atoms with Gasteiger partial charge in [0, 0.05) is 6.04 Å². The molecule has 0 amide bonds. The number of rotatable bonds is 2. The lowest BCUT2D eigenvalue weighted by atomic mass is 9.80. The van der Waals surface area contributed by atoms with Gasteiger partial charge in [0.05, 0.1) is 0 Å². The molecule has 0 unspecified atom stereocenters. The number of nitrogens with two attached hydrogens (primary N) is 1. The second-order valence-corrected chi connectivity index (χ2v) is 4.92. The van der Waals surface area contributed by atoms with E-state index in [1.807, 2.05) is 13.0 Å². The van der Waals surface area contributed by atoms with E-state index in [2.05, 4.69) is 0 Å². The Morgan fingerprint density at radius 1 is 1.24 bits per heavy atom. The molecule has 0 heterocycles. The van der Waals surface area contributed by atoms with E-state index in [0.29, 0.717) is 5.92 Å². The first-order chi connectivity index (χ1) is 7.68. The summed E-state index contributed by atoms with van der Waals surface area (Å²) in [6.45, 7) is 1.95. The standard InChI is InChI=1S/C14H20FN.ClH/c1-10-9-12(15)7-8-13(10)14(16)11-5-3-2-4-6-11;/h7-9,11,14H,2-6,16H2,1H3;1H/t14-;/m0./s1. The van der Waals surface area contributed by atoms with E-state index in [-0.39, 0.29) is 24.3 Å². The summed E-state index contributed by atoms with van der Waals surface area (Å²) >= 11 is 0. The lowest BCUT2D eigenvalue weighted by Crippen LogP contribution is -2.24. The van der Waals surface area contributed by atoms with Crippen LogP contribution < -0.4 is 5.73 Å². The maximum atomic E-state index is 13.0. The highest BCUT2D eigenvalue weighted by Gasteiger charge is 2.22. The van der Waals surface area contributed by atoms with Crippen molar-refractivity contribution in [3.05, 3.63) is 35.1 Å². The van der Waals surface area contributed by atoms with Crippen molar-refractivity contribution >= 4 is 12.4 Å². The molecule has 1 nitrogen and oxygen atoms in total. The Morgan fingerprint density at radius 2 is 1.88 bits per heavy atom. The molecule has 2 rings (SSSR count). The van der Waals surface area contributed by atoms with E-state index in [1.54, 1.807) is 6.07 Å². The van der Waals surface area contributed by atoms with Crippen LogP contribution in [0.5, 0.6) is 0 Å². The summed E-state index contributed by atoms with van der Waals surface area (Å²) < 4.78 is 13.0. The molecule has 17 heavy (non-hydrogen) atoms. The normalized spacial score (nSPS) is 18.5. The minimum atomic E-state index is -0.169. The Hall–Kier alpha value is -0.600. The fourth-order valence-corrected chi connectivity index (χ4v) is 2.76. The molecule has 3 heteroatoms. The Labute approximate surface area is 109 Å². The molecule has 1 aliphatic rings. The van der Waals surface area contributed by atoms with E-state index in [1.165, 1.54) is 38.2 Å². The monoisotopic (exact) mass is 257 g/mol. The first kappa shape index (κ1) is 14.5. The van der Waals surface area contributed by atoms with Gasteiger partial charge < -0.3 is 5.73 Å². The van der Waals surface area contributed by atoms with Gasteiger partial charge in [-0.2, -0.15) is 0 Å². The second kappa shape index (κ2) is 6.36. The molecular formula is C14H21ClFN. The van der Waals surface area contributed by atoms with Crippen molar-refractivity contribution in [2.75, 3.05) is 0 Å². The highest BCUT2D eigenvalue weighted by Crippen LogP contribution is 2.34. The van der Waals surface area contributed by atoms with Gasteiger partial charge in [-0.05, 0) is 48.9 Å². The van der Waals surface area contributed by atoms with Gasteiger partial charge in [0.25, 0.3) is 0 Å². The molecule has 0 aliphatic heterocycles. The van der Waals surface area contributed by atoms with Crippen molar-refractivity contribution in [2.24, 2.45) is 11.7 Å². The first-order valence-electron chi connectivity index (χ1n) is 6.20. The van der Waals surface area contributed by atoms with Crippen molar-refractivity contribution in [1.82, 2.24) is 0 Å². The second-order valence-electron chi connectivity index (χ2n) is 4.92. The summed E-state index contributed by atoms with van der Waals surface area (Å²) in [5.74, 6) is 0.412. The van der Waals surface area contributed by atoms with Gasteiger partial charge in [-0.3, -0.25) is 0 Å². The zero-order valence-electron chi connectivity index (χ0n) is 10.3. The molecule has 2 N–H and O–H groups in total. The lowest BCUT2D eigenvalue weighted by Gasteiger charge is -2.28. The van der Waals surface area contributed by atoms with E-state index < -0.39 is 0 Å². The average molecular weight is 258 g/mol. The van der Waals surface area contributed by atoms with Crippen molar-refractivity contribution < 1.29 is 4.39 Å². The summed E-state index contributed by atoms with van der Waals surface area (Å²) in [4.78, 5) is 0. The van der Waals surface area contributed by atoms with Gasteiger partial charge in [-0.1, -0.05) is 25.3 Å². The zero-order valence-corrected chi connectivity index (χ0v) is 11.1. The fraction of sp³-hybridized carbons (Fsp3) is 0.571. The van der Waals surface area contributed by atoms with Gasteiger partial charge in [0.15, 0.2) is 0 Å². The Bertz CT molecular complexity index is 361. The highest BCUT2D eigenvalue weighted by molar-refractivity contribution is 5.85. The molecule has 0 bridgehead atoms. The molecule has 1 aromatic rings. The van der Waals surface area contributed by atoms with Crippen LogP contribution >= 0.6 is 12.4 Å². The molecule has 1 atom stereocenters. The van der Waals surface area contributed by atoms with Crippen molar-refractivity contribution in [2.45, 2.75) is 45.1 Å². The molecule has 96 valence electrons. The number of halogens is 2. The van der Waals surface area contributed by atoms with E-state index in [4.69, 9.17) is 5.73 Å². The minimum absolute atomic E-state index is 0. The molecule has 0 spiro atoms. The largest absolute Gasteiger partial charge is 0.324 e. The SMILES string of the molecule is Cc1cc(F)ccc1[C@@H](N)C1CCCCC1.Cl. The lowest BCUT2D eigenvalue weighted by molar-refractivity contribution is 0.307. The van der Waals surface area contributed by atoms with Gasteiger partial charge in [0.1, 0.15) is 5.82 Å². The molecule has 1 aromatic carbocycles. The Balaban J connectivity index is 0.00000144. The summed E-state index contributed by atoms with van der Waals surface area (Å²) in [7, 11) is 0. The summed E-state index contributed by atoms with van der Waals surface area (Å²) in [5.41, 5.74) is 8.40. The van der Waals surface area contributed by atoms with Crippen LogP contribution in [-0.2, 0) is 0 Å². The number of hydrogen-bond acceptors (Lipinski definition) is 1. The summed E-state index contributed by atoms with van der Waals surface area (Å²) in [6, 6.07) is 5.04. The van der Waals surface area contributed by atoms with E-state index >= 15 is 0 Å². The van der Waals surface area contributed by atoms with Gasteiger partial charge >= 0.3 is 0 Å². The van der Waals surface area contributed by atoms with Crippen LogP contribution in [0.25, 0.3) is 0 Å². The molecule has 1 aliphatic carbocycles. The Kier molecular flexibility index (Phi) is 5.41. The van der Waals surface area contributed by atoms with Crippen LogP contribution in [0.15, 0.2) is 18.2 Å². The van der Waals surface area contributed by atoms with Crippen LogP contribution in [0.2, 0.25) is 0 Å². The maximum absolute atomic E-state index is 13.0. The van der Waals surface area contributed by atoms with Crippen LogP contribution in [0.1, 0.15) is 49.3 Å². The van der Waals surface area contributed by atoms with Crippen LogP contribution in [0.3, 0.4) is 0 Å². The van der Waals surface area contributed by atoms with Crippen LogP contribution in [-0.4, -0.2) is 0 Å². The molecule has 1 fully saturated rings. The predicted octanol–water partition coefficient (Wildman–Crippen LogP) is 4.14. The smallest absolute Gasteiger partial charge is 0.123 e. The topological polar surface area (TPSA) is 26.0 Å². The number of hydrogen-bond donors (Lipinski definition) is 1. The van der Waals surface area contributed by atoms with E-state index in [0.717, 1.165) is 11.1 Å². The first-order valence-corrected chi connectivity index (χ1v) is 6.20. The molecular weight excluding hydrogens is 237 g/mol. The molecule has 0 aromatic heterocycles. The average Bonchev–Trinajstić information content (AvgIpc) is 2.29. The van der Waals surface area contributed by atoms with Crippen molar-refractivity contribution in [3.8, 4) is 0 Å². The quantitative estimate of drug-likeness (QED) is 0.847. The van der Waals surface area contributed by atoms with Crippen LogP contribution in [0, 0.1) is 18.7 Å². The van der Waals surface area contributed by atoms with Crippen LogP contribution in [0.4, 0.5) is 4.39 Å². The minimum Gasteiger partial charge on any atom is -0.324 e. The third-order valence-corrected chi connectivity index (χ3v) is 3.75. The molecule has 0 radical (unpaired) electrons. The highest BCUT2D eigenvalue weighted by atomic mass is 35.5.